The monoisotopic (exact) mass is 256 g/mol. The van der Waals surface area contributed by atoms with Crippen LogP contribution in [0.15, 0.2) is 24.3 Å². The van der Waals surface area contributed by atoms with Gasteiger partial charge in [-0.2, -0.15) is 13.2 Å². The fourth-order valence-corrected chi connectivity index (χ4v) is 1.28. The largest absolute Gasteiger partial charge is 0.416 e. The van der Waals surface area contributed by atoms with Gasteiger partial charge < -0.3 is 4.74 Å². The Kier molecular flexibility index (Phi) is 5.73. The van der Waals surface area contributed by atoms with E-state index in [0.717, 1.165) is 25.0 Å². The SMILES string of the molecule is CCCCOCC#Cc1cccc(C(F)(F)F)c1. The molecule has 0 fully saturated rings. The van der Waals surface area contributed by atoms with Crippen LogP contribution in [0.25, 0.3) is 0 Å². The number of alkyl halides is 3. The number of benzene rings is 1. The van der Waals surface area contributed by atoms with Crippen LogP contribution < -0.4 is 0 Å². The van der Waals surface area contributed by atoms with Crippen LogP contribution in [-0.4, -0.2) is 13.2 Å². The molecule has 0 aromatic heterocycles. The van der Waals surface area contributed by atoms with Crippen molar-refractivity contribution in [2.45, 2.75) is 25.9 Å². The van der Waals surface area contributed by atoms with Gasteiger partial charge in [0.05, 0.1) is 5.56 Å². The van der Waals surface area contributed by atoms with E-state index in [1.165, 1.54) is 6.07 Å². The van der Waals surface area contributed by atoms with Gasteiger partial charge in [0.25, 0.3) is 0 Å². The average molecular weight is 256 g/mol. The third-order valence-corrected chi connectivity index (χ3v) is 2.24. The van der Waals surface area contributed by atoms with E-state index >= 15 is 0 Å². The molecule has 0 saturated heterocycles. The molecule has 98 valence electrons. The number of rotatable bonds is 4. The molecule has 0 spiro atoms. The molecule has 18 heavy (non-hydrogen) atoms. The Morgan fingerprint density at radius 3 is 2.72 bits per heavy atom. The summed E-state index contributed by atoms with van der Waals surface area (Å²) in [5.41, 5.74) is -0.329. The molecule has 1 aromatic rings. The molecule has 1 rings (SSSR count). The van der Waals surface area contributed by atoms with E-state index in [1.807, 2.05) is 0 Å². The van der Waals surface area contributed by atoms with Crippen LogP contribution in [0.3, 0.4) is 0 Å². The summed E-state index contributed by atoms with van der Waals surface area (Å²) in [5.74, 6) is 5.36. The van der Waals surface area contributed by atoms with E-state index in [0.29, 0.717) is 12.2 Å². The molecule has 0 unspecified atom stereocenters. The third kappa shape index (κ3) is 5.24. The van der Waals surface area contributed by atoms with Crippen molar-refractivity contribution in [3.8, 4) is 11.8 Å². The van der Waals surface area contributed by atoms with E-state index < -0.39 is 11.7 Å². The van der Waals surface area contributed by atoms with E-state index in [1.54, 1.807) is 6.07 Å². The molecule has 1 aromatic carbocycles. The first kappa shape index (κ1) is 14.6. The minimum Gasteiger partial charge on any atom is -0.369 e. The zero-order valence-electron chi connectivity index (χ0n) is 10.2. The Morgan fingerprint density at radius 1 is 1.28 bits per heavy atom. The van der Waals surface area contributed by atoms with Crippen molar-refractivity contribution in [3.05, 3.63) is 35.4 Å². The number of hydrogen-bond donors (Lipinski definition) is 0. The Labute approximate surface area is 105 Å². The van der Waals surface area contributed by atoms with Crippen molar-refractivity contribution in [1.29, 1.82) is 0 Å². The summed E-state index contributed by atoms with van der Waals surface area (Å²) in [6.45, 7) is 2.93. The molecule has 0 aliphatic rings. The van der Waals surface area contributed by atoms with Gasteiger partial charge in [-0.15, -0.1) is 0 Å². The number of halogens is 3. The standard InChI is InChI=1S/C14H15F3O/c1-2-3-9-18-10-5-7-12-6-4-8-13(11-12)14(15,16)17/h4,6,8,11H,2-3,9-10H2,1H3. The van der Waals surface area contributed by atoms with Gasteiger partial charge in [0.2, 0.25) is 0 Å². The molecule has 0 aliphatic carbocycles. The lowest BCUT2D eigenvalue weighted by atomic mass is 10.1. The molecule has 0 amide bonds. The first-order valence-electron chi connectivity index (χ1n) is 5.78. The van der Waals surface area contributed by atoms with Gasteiger partial charge in [-0.25, -0.2) is 0 Å². The molecular formula is C14H15F3O. The second-order valence-electron chi connectivity index (χ2n) is 3.79. The van der Waals surface area contributed by atoms with Gasteiger partial charge in [0, 0.05) is 12.2 Å². The second-order valence-corrected chi connectivity index (χ2v) is 3.79. The quantitative estimate of drug-likeness (QED) is 0.587. The van der Waals surface area contributed by atoms with E-state index in [-0.39, 0.29) is 6.61 Å². The summed E-state index contributed by atoms with van der Waals surface area (Å²) in [5, 5.41) is 0. The lowest BCUT2D eigenvalue weighted by Gasteiger charge is -2.05. The fraction of sp³-hybridized carbons (Fsp3) is 0.429. The molecule has 0 atom stereocenters. The van der Waals surface area contributed by atoms with Gasteiger partial charge in [-0.05, 0) is 24.6 Å². The summed E-state index contributed by atoms with van der Waals surface area (Å²) in [6.07, 6.45) is -2.32. The van der Waals surface area contributed by atoms with Crippen molar-refractivity contribution in [3.63, 3.8) is 0 Å². The van der Waals surface area contributed by atoms with Gasteiger partial charge >= 0.3 is 6.18 Å². The predicted octanol–water partition coefficient (Wildman–Crippen LogP) is 3.87. The Morgan fingerprint density at radius 2 is 2.06 bits per heavy atom. The number of hydrogen-bond acceptors (Lipinski definition) is 1. The van der Waals surface area contributed by atoms with Crippen LogP contribution in [0.4, 0.5) is 13.2 Å². The van der Waals surface area contributed by atoms with Gasteiger partial charge in [-0.1, -0.05) is 31.3 Å². The van der Waals surface area contributed by atoms with Crippen LogP contribution in [0.2, 0.25) is 0 Å². The summed E-state index contributed by atoms with van der Waals surface area (Å²) in [7, 11) is 0. The molecule has 0 saturated carbocycles. The van der Waals surface area contributed by atoms with Crippen molar-refractivity contribution in [1.82, 2.24) is 0 Å². The maximum atomic E-state index is 12.4. The highest BCUT2D eigenvalue weighted by Crippen LogP contribution is 2.29. The second kappa shape index (κ2) is 7.07. The van der Waals surface area contributed by atoms with E-state index in [9.17, 15) is 13.2 Å². The maximum absolute atomic E-state index is 12.4. The van der Waals surface area contributed by atoms with Crippen molar-refractivity contribution < 1.29 is 17.9 Å². The Bertz CT molecular complexity index is 427. The van der Waals surface area contributed by atoms with Gasteiger partial charge in [0.15, 0.2) is 0 Å². The summed E-state index contributed by atoms with van der Waals surface area (Å²) in [6, 6.07) is 4.97. The average Bonchev–Trinajstić information content (AvgIpc) is 2.33. The Balaban J connectivity index is 2.55. The van der Waals surface area contributed by atoms with Crippen LogP contribution in [0, 0.1) is 11.8 Å². The molecule has 0 aliphatic heterocycles. The highest BCUT2D eigenvalue weighted by Gasteiger charge is 2.30. The van der Waals surface area contributed by atoms with Crippen LogP contribution in [0.5, 0.6) is 0 Å². The first-order valence-corrected chi connectivity index (χ1v) is 5.78. The van der Waals surface area contributed by atoms with Gasteiger partial charge in [-0.3, -0.25) is 0 Å². The normalized spacial score (nSPS) is 10.9. The van der Waals surface area contributed by atoms with E-state index in [2.05, 4.69) is 18.8 Å². The molecular weight excluding hydrogens is 241 g/mol. The number of unbranched alkanes of at least 4 members (excludes halogenated alkanes) is 1. The number of ether oxygens (including phenoxy) is 1. The maximum Gasteiger partial charge on any atom is 0.416 e. The van der Waals surface area contributed by atoms with Crippen molar-refractivity contribution in [2.75, 3.05) is 13.2 Å². The van der Waals surface area contributed by atoms with E-state index in [4.69, 9.17) is 4.74 Å². The van der Waals surface area contributed by atoms with Gasteiger partial charge in [0.1, 0.15) is 6.61 Å². The van der Waals surface area contributed by atoms with Crippen LogP contribution in [-0.2, 0) is 10.9 Å². The lowest BCUT2D eigenvalue weighted by molar-refractivity contribution is -0.137. The van der Waals surface area contributed by atoms with Crippen LogP contribution in [0.1, 0.15) is 30.9 Å². The van der Waals surface area contributed by atoms with Crippen molar-refractivity contribution >= 4 is 0 Å². The molecule has 0 radical (unpaired) electrons. The summed E-state index contributed by atoms with van der Waals surface area (Å²) >= 11 is 0. The summed E-state index contributed by atoms with van der Waals surface area (Å²) in [4.78, 5) is 0. The van der Waals surface area contributed by atoms with Crippen molar-refractivity contribution in [2.24, 2.45) is 0 Å². The molecule has 0 heterocycles. The topological polar surface area (TPSA) is 9.23 Å². The first-order chi connectivity index (χ1) is 8.54. The fourth-order valence-electron chi connectivity index (χ4n) is 1.28. The summed E-state index contributed by atoms with van der Waals surface area (Å²) < 4.78 is 42.5. The zero-order chi connectivity index (χ0) is 13.4. The molecule has 1 nitrogen and oxygen atoms in total. The van der Waals surface area contributed by atoms with Crippen LogP contribution >= 0.6 is 0 Å². The third-order valence-electron chi connectivity index (χ3n) is 2.24. The minimum absolute atomic E-state index is 0.246. The zero-order valence-corrected chi connectivity index (χ0v) is 10.2. The highest BCUT2D eigenvalue weighted by molar-refractivity contribution is 5.38. The minimum atomic E-state index is -4.32. The molecule has 0 bridgehead atoms. The lowest BCUT2D eigenvalue weighted by Crippen LogP contribution is -2.04. The Hall–Kier alpha value is -1.47. The molecule has 0 N–H and O–H groups in total. The highest BCUT2D eigenvalue weighted by atomic mass is 19.4. The smallest absolute Gasteiger partial charge is 0.369 e. The molecule has 4 heteroatoms. The predicted molar refractivity (Wildman–Crippen MR) is 64.0 cm³/mol.